The first kappa shape index (κ1) is 15.8. The van der Waals surface area contributed by atoms with Crippen LogP contribution in [0.15, 0.2) is 60.7 Å². The predicted octanol–water partition coefficient (Wildman–Crippen LogP) is 4.70. The molecule has 23 heavy (non-hydrogen) atoms. The van der Waals surface area contributed by atoms with Gasteiger partial charge >= 0.3 is 0 Å². The molecule has 0 N–H and O–H groups in total. The van der Waals surface area contributed by atoms with E-state index in [1.807, 2.05) is 41.3 Å². The van der Waals surface area contributed by atoms with Gasteiger partial charge in [0.1, 0.15) is 0 Å². The van der Waals surface area contributed by atoms with Gasteiger partial charge in [-0.05, 0) is 36.5 Å². The van der Waals surface area contributed by atoms with Crippen LogP contribution in [0.1, 0.15) is 31.7 Å². The molecule has 1 amide bonds. The molecule has 3 rings (SSSR count). The lowest BCUT2D eigenvalue weighted by molar-refractivity contribution is -0.121. The van der Waals surface area contributed by atoms with Crippen LogP contribution in [0, 0.1) is 11.8 Å². The second-order valence-electron chi connectivity index (χ2n) is 6.48. The number of anilines is 1. The van der Waals surface area contributed by atoms with E-state index in [9.17, 15) is 4.79 Å². The molecule has 1 fully saturated rings. The Kier molecular flexibility index (Phi) is 5.12. The standard InChI is InChI=1S/C21H25NO/c1-2-3-14-20-18(15-17-10-6-4-7-11-17)16-22(21(20)23)19-12-8-5-9-13-19/h4-13,18,20H,2-3,14-16H2,1H3. The molecule has 1 aliphatic rings. The SMILES string of the molecule is CCCCC1C(=O)N(c2ccccc2)CC1Cc1ccccc1. The molecular formula is C21H25NO. The van der Waals surface area contributed by atoms with Crippen LogP contribution in [0.4, 0.5) is 5.69 Å². The number of unbranched alkanes of at least 4 members (excludes halogenated alkanes) is 1. The fourth-order valence-electron chi connectivity index (χ4n) is 3.60. The Bertz CT molecular complexity index is 623. The van der Waals surface area contributed by atoms with Gasteiger partial charge in [-0.25, -0.2) is 0 Å². The predicted molar refractivity (Wildman–Crippen MR) is 95.4 cm³/mol. The van der Waals surface area contributed by atoms with Crippen molar-refractivity contribution in [3.63, 3.8) is 0 Å². The summed E-state index contributed by atoms with van der Waals surface area (Å²) in [7, 11) is 0. The van der Waals surface area contributed by atoms with Gasteiger partial charge in [0.25, 0.3) is 0 Å². The van der Waals surface area contributed by atoms with Crippen LogP contribution in [0.3, 0.4) is 0 Å². The summed E-state index contributed by atoms with van der Waals surface area (Å²) in [5, 5.41) is 0. The van der Waals surface area contributed by atoms with Gasteiger partial charge in [0, 0.05) is 18.2 Å². The summed E-state index contributed by atoms with van der Waals surface area (Å²) in [5.41, 5.74) is 2.37. The van der Waals surface area contributed by atoms with Crippen LogP contribution in [0.5, 0.6) is 0 Å². The molecule has 0 saturated carbocycles. The first-order valence-electron chi connectivity index (χ1n) is 8.70. The maximum absolute atomic E-state index is 12.9. The fourth-order valence-corrected chi connectivity index (χ4v) is 3.60. The van der Waals surface area contributed by atoms with Gasteiger partial charge in [0.2, 0.25) is 5.91 Å². The molecule has 2 heteroatoms. The van der Waals surface area contributed by atoms with Gasteiger partial charge in [-0.15, -0.1) is 0 Å². The van der Waals surface area contributed by atoms with E-state index in [-0.39, 0.29) is 5.92 Å². The summed E-state index contributed by atoms with van der Waals surface area (Å²) in [6.45, 7) is 3.03. The van der Waals surface area contributed by atoms with E-state index in [4.69, 9.17) is 0 Å². The largest absolute Gasteiger partial charge is 0.312 e. The highest BCUT2D eigenvalue weighted by Gasteiger charge is 2.40. The molecule has 2 aromatic carbocycles. The Morgan fingerprint density at radius 1 is 1.00 bits per heavy atom. The number of para-hydroxylation sites is 1. The number of rotatable bonds is 6. The minimum atomic E-state index is 0.162. The van der Waals surface area contributed by atoms with Gasteiger partial charge in [-0.3, -0.25) is 4.79 Å². The molecule has 0 aromatic heterocycles. The molecule has 1 aliphatic heterocycles. The molecule has 0 radical (unpaired) electrons. The summed E-state index contributed by atoms with van der Waals surface area (Å²) >= 11 is 0. The molecular weight excluding hydrogens is 282 g/mol. The first-order chi connectivity index (χ1) is 11.3. The van der Waals surface area contributed by atoms with Crippen LogP contribution in [0.2, 0.25) is 0 Å². The zero-order chi connectivity index (χ0) is 16.1. The lowest BCUT2D eigenvalue weighted by Crippen LogP contribution is -2.26. The van der Waals surface area contributed by atoms with Crippen molar-refractivity contribution in [1.29, 1.82) is 0 Å². The molecule has 2 atom stereocenters. The van der Waals surface area contributed by atoms with E-state index in [2.05, 4.69) is 31.2 Å². The van der Waals surface area contributed by atoms with Crippen LogP contribution < -0.4 is 4.90 Å². The summed E-state index contributed by atoms with van der Waals surface area (Å²) < 4.78 is 0. The highest BCUT2D eigenvalue weighted by molar-refractivity contribution is 5.97. The monoisotopic (exact) mass is 307 g/mol. The normalized spacial score (nSPS) is 20.9. The van der Waals surface area contributed by atoms with Crippen molar-refractivity contribution in [3.8, 4) is 0 Å². The molecule has 0 spiro atoms. The van der Waals surface area contributed by atoms with E-state index in [0.717, 1.165) is 37.9 Å². The van der Waals surface area contributed by atoms with E-state index in [1.165, 1.54) is 5.56 Å². The van der Waals surface area contributed by atoms with Crippen LogP contribution in [-0.4, -0.2) is 12.5 Å². The number of nitrogens with zero attached hydrogens (tertiary/aromatic N) is 1. The third-order valence-electron chi connectivity index (χ3n) is 4.85. The molecule has 2 nitrogen and oxygen atoms in total. The second-order valence-corrected chi connectivity index (χ2v) is 6.48. The summed E-state index contributed by atoms with van der Waals surface area (Å²) in [4.78, 5) is 14.9. The fraction of sp³-hybridized carbons (Fsp3) is 0.381. The van der Waals surface area contributed by atoms with Gasteiger partial charge in [0.05, 0.1) is 0 Å². The zero-order valence-electron chi connectivity index (χ0n) is 13.8. The van der Waals surface area contributed by atoms with E-state index in [1.54, 1.807) is 0 Å². The van der Waals surface area contributed by atoms with Crippen molar-refractivity contribution in [2.45, 2.75) is 32.6 Å². The van der Waals surface area contributed by atoms with Gasteiger partial charge in [0.15, 0.2) is 0 Å². The van der Waals surface area contributed by atoms with Crippen molar-refractivity contribution in [3.05, 3.63) is 66.2 Å². The minimum absolute atomic E-state index is 0.162. The molecule has 0 aliphatic carbocycles. The molecule has 2 unspecified atom stereocenters. The highest BCUT2D eigenvalue weighted by atomic mass is 16.2. The number of amides is 1. The Morgan fingerprint density at radius 3 is 2.30 bits per heavy atom. The van der Waals surface area contributed by atoms with Crippen molar-refractivity contribution < 1.29 is 4.79 Å². The third-order valence-corrected chi connectivity index (χ3v) is 4.85. The number of carbonyl (C=O) groups excluding carboxylic acids is 1. The highest BCUT2D eigenvalue weighted by Crippen LogP contribution is 2.34. The summed E-state index contributed by atoms with van der Waals surface area (Å²) in [6, 6.07) is 20.7. The summed E-state index contributed by atoms with van der Waals surface area (Å²) in [6.07, 6.45) is 4.28. The first-order valence-corrected chi connectivity index (χ1v) is 8.70. The lowest BCUT2D eigenvalue weighted by Gasteiger charge is -2.16. The Hall–Kier alpha value is -2.09. The van der Waals surface area contributed by atoms with E-state index in [0.29, 0.717) is 11.8 Å². The Balaban J connectivity index is 1.80. The molecule has 120 valence electrons. The zero-order valence-corrected chi connectivity index (χ0v) is 13.8. The Labute approximate surface area is 139 Å². The number of carbonyl (C=O) groups is 1. The van der Waals surface area contributed by atoms with Crippen molar-refractivity contribution in [2.75, 3.05) is 11.4 Å². The van der Waals surface area contributed by atoms with Crippen molar-refractivity contribution >= 4 is 11.6 Å². The average molecular weight is 307 g/mol. The van der Waals surface area contributed by atoms with Crippen molar-refractivity contribution in [1.82, 2.24) is 0 Å². The second kappa shape index (κ2) is 7.45. The van der Waals surface area contributed by atoms with E-state index >= 15 is 0 Å². The quantitative estimate of drug-likeness (QED) is 0.757. The smallest absolute Gasteiger partial charge is 0.230 e. The third kappa shape index (κ3) is 3.64. The maximum atomic E-state index is 12.9. The average Bonchev–Trinajstić information content (AvgIpc) is 2.90. The topological polar surface area (TPSA) is 20.3 Å². The van der Waals surface area contributed by atoms with Crippen LogP contribution in [-0.2, 0) is 11.2 Å². The van der Waals surface area contributed by atoms with Crippen LogP contribution in [0.25, 0.3) is 0 Å². The molecule has 0 bridgehead atoms. The number of hydrogen-bond donors (Lipinski definition) is 0. The maximum Gasteiger partial charge on any atom is 0.230 e. The molecule has 2 aromatic rings. The summed E-state index contributed by atoms with van der Waals surface area (Å²) in [5.74, 6) is 0.887. The molecule has 1 saturated heterocycles. The lowest BCUT2D eigenvalue weighted by atomic mass is 9.86. The number of hydrogen-bond acceptors (Lipinski definition) is 1. The minimum Gasteiger partial charge on any atom is -0.312 e. The number of benzene rings is 2. The van der Waals surface area contributed by atoms with Gasteiger partial charge < -0.3 is 4.90 Å². The van der Waals surface area contributed by atoms with Gasteiger partial charge in [-0.1, -0.05) is 68.3 Å². The van der Waals surface area contributed by atoms with Crippen LogP contribution >= 0.6 is 0 Å². The molecule has 1 heterocycles. The van der Waals surface area contributed by atoms with Crippen molar-refractivity contribution in [2.24, 2.45) is 11.8 Å². The Morgan fingerprint density at radius 2 is 1.65 bits per heavy atom. The van der Waals surface area contributed by atoms with E-state index < -0.39 is 0 Å². The van der Waals surface area contributed by atoms with Gasteiger partial charge in [-0.2, -0.15) is 0 Å².